The van der Waals surface area contributed by atoms with Crippen LogP contribution in [0.1, 0.15) is 30.7 Å². The Morgan fingerprint density at radius 2 is 2.00 bits per heavy atom. The molecule has 0 aromatic heterocycles. The molecule has 0 bridgehead atoms. The normalized spacial score (nSPS) is 19.8. The number of rotatable bonds is 11. The first-order valence-corrected chi connectivity index (χ1v) is 10.4. The highest BCUT2D eigenvalue weighted by molar-refractivity contribution is 5.91. The number of carbonyl (C=O) groups is 1. The lowest BCUT2D eigenvalue weighted by molar-refractivity contribution is -0.158. The van der Waals surface area contributed by atoms with Gasteiger partial charge in [-0.25, -0.2) is 0 Å². The largest absolute Gasteiger partial charge is 0.459 e. The van der Waals surface area contributed by atoms with E-state index in [0.29, 0.717) is 37.4 Å². The zero-order valence-electron chi connectivity index (χ0n) is 18.2. The molecule has 2 heterocycles. The predicted octanol–water partition coefficient (Wildman–Crippen LogP) is 2.00. The number of aliphatic hydroxyl groups is 1. The molecule has 0 saturated carbocycles. The van der Waals surface area contributed by atoms with E-state index < -0.39 is 12.6 Å². The maximum absolute atomic E-state index is 13.0. The van der Waals surface area contributed by atoms with Gasteiger partial charge in [0.1, 0.15) is 0 Å². The summed E-state index contributed by atoms with van der Waals surface area (Å²) in [6.45, 7) is 1.01. The summed E-state index contributed by atoms with van der Waals surface area (Å²) in [6, 6.07) is 5.75. The van der Waals surface area contributed by atoms with Crippen molar-refractivity contribution in [2.75, 3.05) is 47.8 Å². The third-order valence-electron chi connectivity index (χ3n) is 5.24. The average Bonchev–Trinajstić information content (AvgIpc) is 3.27. The number of hydrogen-bond donors (Lipinski definition) is 1. The van der Waals surface area contributed by atoms with Crippen LogP contribution in [0.25, 0.3) is 0 Å². The van der Waals surface area contributed by atoms with E-state index in [4.69, 9.17) is 33.5 Å². The van der Waals surface area contributed by atoms with E-state index in [1.807, 2.05) is 24.3 Å². The van der Waals surface area contributed by atoms with E-state index in [1.54, 1.807) is 7.05 Å². The van der Waals surface area contributed by atoms with Crippen LogP contribution < -0.4 is 9.47 Å². The maximum Gasteiger partial charge on any atom is 0.288 e. The van der Waals surface area contributed by atoms with E-state index in [-0.39, 0.29) is 37.5 Å². The van der Waals surface area contributed by atoms with Crippen molar-refractivity contribution in [1.82, 2.24) is 4.90 Å². The monoisotopic (exact) mass is 437 g/mol. The van der Waals surface area contributed by atoms with E-state index in [9.17, 15) is 4.79 Å². The Labute approximate surface area is 182 Å². The van der Waals surface area contributed by atoms with Gasteiger partial charge < -0.3 is 38.4 Å². The van der Waals surface area contributed by atoms with Crippen molar-refractivity contribution in [3.05, 3.63) is 35.6 Å². The molecule has 9 heteroatoms. The summed E-state index contributed by atoms with van der Waals surface area (Å²) < 4.78 is 33.0. The number of methoxy groups -OCH3 is 2. The Morgan fingerprint density at radius 1 is 1.23 bits per heavy atom. The van der Waals surface area contributed by atoms with Crippen LogP contribution in [0.5, 0.6) is 11.5 Å². The smallest absolute Gasteiger partial charge is 0.288 e. The highest BCUT2D eigenvalue weighted by Crippen LogP contribution is 2.38. The Morgan fingerprint density at radius 3 is 2.74 bits per heavy atom. The molecule has 2 aliphatic heterocycles. The third kappa shape index (κ3) is 6.10. The lowest BCUT2D eigenvalue weighted by atomic mass is 9.92. The van der Waals surface area contributed by atoms with E-state index in [2.05, 4.69) is 0 Å². The third-order valence-corrected chi connectivity index (χ3v) is 5.24. The summed E-state index contributed by atoms with van der Waals surface area (Å²) in [4.78, 5) is 14.5. The molecular formula is C22H31NO8. The van der Waals surface area contributed by atoms with Crippen molar-refractivity contribution in [3.63, 3.8) is 0 Å². The molecule has 0 unspecified atom stereocenters. The summed E-state index contributed by atoms with van der Waals surface area (Å²) in [5.74, 6) is 1.23. The van der Waals surface area contributed by atoms with Crippen LogP contribution in [0.2, 0.25) is 0 Å². The minimum atomic E-state index is -0.577. The number of fused-ring (bicyclic) bond motifs is 1. The summed E-state index contributed by atoms with van der Waals surface area (Å²) in [6.07, 6.45) is 2.62. The summed E-state index contributed by atoms with van der Waals surface area (Å²) in [5, 5.41) is 8.97. The number of allylic oxidation sites excluding steroid dienone is 1. The summed E-state index contributed by atoms with van der Waals surface area (Å²) in [5.41, 5.74) is 0.983. The summed E-state index contributed by atoms with van der Waals surface area (Å²) in [7, 11) is 4.71. The number of benzene rings is 1. The van der Waals surface area contributed by atoms with Crippen LogP contribution in [0.15, 0.2) is 30.0 Å². The number of amides is 1. The van der Waals surface area contributed by atoms with Crippen LogP contribution in [0, 0.1) is 0 Å². The van der Waals surface area contributed by atoms with E-state index in [1.165, 1.54) is 19.1 Å². The number of unbranched alkanes of at least 4 members (excludes halogenated alkanes) is 1. The zero-order valence-corrected chi connectivity index (χ0v) is 18.2. The fraction of sp³-hybridized carbons (Fsp3) is 0.591. The highest BCUT2D eigenvalue weighted by Gasteiger charge is 2.31. The first-order chi connectivity index (χ1) is 15.0. The zero-order chi connectivity index (χ0) is 22.2. The second kappa shape index (κ2) is 11.3. The number of hydrogen-bond acceptors (Lipinski definition) is 8. The van der Waals surface area contributed by atoms with Crippen LogP contribution in [-0.4, -0.2) is 76.3 Å². The number of carbonyl (C=O) groups excluding carboxylic acids is 1. The molecule has 1 aromatic rings. The average molecular weight is 437 g/mol. The molecule has 0 fully saturated rings. The van der Waals surface area contributed by atoms with Crippen molar-refractivity contribution in [1.29, 1.82) is 0 Å². The Hall–Kier alpha value is -2.33. The Kier molecular flexibility index (Phi) is 8.53. The molecule has 2 atom stereocenters. The van der Waals surface area contributed by atoms with Gasteiger partial charge in [-0.05, 0) is 36.6 Å². The van der Waals surface area contributed by atoms with Gasteiger partial charge in [0, 0.05) is 40.2 Å². The summed E-state index contributed by atoms with van der Waals surface area (Å²) >= 11 is 0. The van der Waals surface area contributed by atoms with Crippen molar-refractivity contribution in [2.24, 2.45) is 0 Å². The standard InChI is InChI=1S/C22H31NO8/c1-23(13-21(26-2)27-3)22(25)19-11-16(12-20(31-19)28-9-5-4-8-24)15-6-7-17-18(10-15)30-14-29-17/h6-7,10-11,16,20-21,24H,4-5,8-9,12-14H2,1-3H3/t16-,20+/m0/s1. The topological polar surface area (TPSA) is 95.9 Å². The van der Waals surface area contributed by atoms with Gasteiger partial charge in [-0.15, -0.1) is 0 Å². The van der Waals surface area contributed by atoms with Crippen LogP contribution >= 0.6 is 0 Å². The number of ether oxygens (including phenoxy) is 6. The Balaban J connectivity index is 1.77. The van der Waals surface area contributed by atoms with Gasteiger partial charge in [-0.2, -0.15) is 0 Å². The lowest BCUT2D eigenvalue weighted by Crippen LogP contribution is -2.39. The van der Waals surface area contributed by atoms with Gasteiger partial charge >= 0.3 is 0 Å². The molecule has 172 valence electrons. The van der Waals surface area contributed by atoms with Crippen molar-refractivity contribution < 1.29 is 38.3 Å². The molecule has 2 aliphatic rings. The minimum Gasteiger partial charge on any atom is -0.459 e. The van der Waals surface area contributed by atoms with E-state index >= 15 is 0 Å². The molecule has 1 amide bonds. The SMILES string of the molecule is COC(CN(C)C(=O)C1=C[C@H](c2ccc3c(c2)OCO3)C[C@H](OCCCCO)O1)OC. The van der Waals surface area contributed by atoms with Gasteiger partial charge in [-0.1, -0.05) is 6.07 Å². The molecule has 9 nitrogen and oxygen atoms in total. The molecular weight excluding hydrogens is 406 g/mol. The lowest BCUT2D eigenvalue weighted by Gasteiger charge is -2.31. The fourth-order valence-electron chi connectivity index (χ4n) is 3.46. The molecule has 0 aliphatic carbocycles. The molecule has 0 spiro atoms. The molecule has 1 aromatic carbocycles. The molecule has 1 N–H and O–H groups in total. The predicted molar refractivity (Wildman–Crippen MR) is 111 cm³/mol. The first-order valence-electron chi connectivity index (χ1n) is 10.4. The van der Waals surface area contributed by atoms with Gasteiger partial charge in [0.15, 0.2) is 23.5 Å². The van der Waals surface area contributed by atoms with Crippen molar-refractivity contribution in [3.8, 4) is 11.5 Å². The number of likely N-dealkylation sites (N-methyl/N-ethyl adjacent to an activating group) is 1. The van der Waals surface area contributed by atoms with Gasteiger partial charge in [0.2, 0.25) is 13.1 Å². The second-order valence-electron chi connectivity index (χ2n) is 7.42. The van der Waals surface area contributed by atoms with Crippen LogP contribution in [0.4, 0.5) is 0 Å². The molecule has 0 radical (unpaired) electrons. The van der Waals surface area contributed by atoms with Gasteiger partial charge in [0.05, 0.1) is 13.2 Å². The van der Waals surface area contributed by atoms with E-state index in [0.717, 1.165) is 5.56 Å². The highest BCUT2D eigenvalue weighted by atomic mass is 16.7. The first kappa shape index (κ1) is 23.3. The van der Waals surface area contributed by atoms with Gasteiger partial charge in [-0.3, -0.25) is 4.79 Å². The fourth-order valence-corrected chi connectivity index (χ4v) is 3.46. The van der Waals surface area contributed by atoms with Gasteiger partial charge in [0.25, 0.3) is 5.91 Å². The quantitative estimate of drug-likeness (QED) is 0.415. The molecule has 31 heavy (non-hydrogen) atoms. The number of nitrogens with zero attached hydrogens (tertiary/aromatic N) is 1. The van der Waals surface area contributed by atoms with Crippen LogP contribution in [-0.2, 0) is 23.7 Å². The van der Waals surface area contributed by atoms with Crippen molar-refractivity contribution in [2.45, 2.75) is 37.8 Å². The maximum atomic E-state index is 13.0. The number of aliphatic hydroxyl groups excluding tert-OH is 1. The molecule has 3 rings (SSSR count). The minimum absolute atomic E-state index is 0.0981. The Bertz CT molecular complexity index is 764. The second-order valence-corrected chi connectivity index (χ2v) is 7.42. The van der Waals surface area contributed by atoms with Crippen LogP contribution in [0.3, 0.4) is 0 Å². The van der Waals surface area contributed by atoms with Crippen molar-refractivity contribution >= 4 is 5.91 Å². The molecule has 0 saturated heterocycles.